The molecule has 2 aliphatic rings. The van der Waals surface area contributed by atoms with Crippen molar-refractivity contribution < 1.29 is 23.1 Å². The van der Waals surface area contributed by atoms with Crippen molar-refractivity contribution in [3.8, 4) is 0 Å². The lowest BCUT2D eigenvalue weighted by molar-refractivity contribution is -0.141. The van der Waals surface area contributed by atoms with Crippen LogP contribution in [0, 0.1) is 5.92 Å². The Bertz CT molecular complexity index is 821. The fourth-order valence-corrected chi connectivity index (χ4v) is 6.06. The van der Waals surface area contributed by atoms with Crippen LogP contribution in [0.1, 0.15) is 42.5 Å². The summed E-state index contributed by atoms with van der Waals surface area (Å²) in [4.78, 5) is 25.2. The van der Waals surface area contributed by atoms with Crippen molar-refractivity contribution >= 4 is 21.9 Å². The third kappa shape index (κ3) is 3.23. The van der Waals surface area contributed by atoms with E-state index in [9.17, 15) is 23.1 Å². The molecule has 0 spiro atoms. The summed E-state index contributed by atoms with van der Waals surface area (Å²) >= 11 is 0. The second-order valence-electron chi connectivity index (χ2n) is 7.26. The maximum absolute atomic E-state index is 13.3. The Morgan fingerprint density at radius 1 is 1.19 bits per heavy atom. The highest BCUT2D eigenvalue weighted by atomic mass is 32.2. The van der Waals surface area contributed by atoms with Gasteiger partial charge in [0.2, 0.25) is 10.0 Å². The van der Waals surface area contributed by atoms with Gasteiger partial charge in [0.05, 0.1) is 4.90 Å². The second-order valence-corrected chi connectivity index (χ2v) is 9.11. The van der Waals surface area contributed by atoms with E-state index >= 15 is 0 Å². The predicted octanol–water partition coefficient (Wildman–Crippen LogP) is 1.79. The number of sulfonamides is 1. The highest BCUT2D eigenvalue weighted by Crippen LogP contribution is 2.42. The first-order valence-corrected chi connectivity index (χ1v) is 10.3. The van der Waals surface area contributed by atoms with Crippen LogP contribution in [0.25, 0.3) is 0 Å². The molecule has 1 aliphatic carbocycles. The number of carbonyl (C=O) groups is 2. The topological polar surface area (TPSA) is 95.0 Å². The number of aliphatic carboxylic acids is 1. The molecule has 7 nitrogen and oxygen atoms in total. The van der Waals surface area contributed by atoms with Crippen LogP contribution in [0.3, 0.4) is 0 Å². The molecule has 3 atom stereocenters. The van der Waals surface area contributed by atoms with Crippen molar-refractivity contribution in [2.45, 2.75) is 49.1 Å². The van der Waals surface area contributed by atoms with Gasteiger partial charge >= 0.3 is 5.97 Å². The van der Waals surface area contributed by atoms with Gasteiger partial charge in [-0.05, 0) is 43.4 Å². The Hall–Kier alpha value is -1.93. The van der Waals surface area contributed by atoms with Gasteiger partial charge in [-0.3, -0.25) is 9.59 Å². The summed E-state index contributed by atoms with van der Waals surface area (Å²) in [7, 11) is -0.815. The SMILES string of the molecule is CN(C)C(=O)c1cccc(S(=O)(=O)N2C(C(=O)O)CC3CCCCC32)c1. The van der Waals surface area contributed by atoms with E-state index in [0.29, 0.717) is 12.8 Å². The quantitative estimate of drug-likeness (QED) is 0.859. The smallest absolute Gasteiger partial charge is 0.322 e. The third-order valence-corrected chi connectivity index (χ3v) is 7.31. The minimum absolute atomic E-state index is 0.0253. The van der Waals surface area contributed by atoms with Crippen molar-refractivity contribution in [1.29, 1.82) is 0 Å². The molecule has 1 aromatic carbocycles. The summed E-state index contributed by atoms with van der Waals surface area (Å²) in [5.74, 6) is -1.32. The number of amides is 1. The van der Waals surface area contributed by atoms with E-state index in [1.54, 1.807) is 20.2 Å². The van der Waals surface area contributed by atoms with Gasteiger partial charge in [-0.2, -0.15) is 4.31 Å². The Kier molecular flexibility index (Phi) is 5.07. The van der Waals surface area contributed by atoms with Crippen LogP contribution in [0.4, 0.5) is 0 Å². The normalized spacial score (nSPS) is 26.3. The maximum atomic E-state index is 13.3. The van der Waals surface area contributed by atoms with Crippen LogP contribution in [0.2, 0.25) is 0 Å². The van der Waals surface area contributed by atoms with Gasteiger partial charge in [0, 0.05) is 25.7 Å². The Balaban J connectivity index is 2.02. The summed E-state index contributed by atoms with van der Waals surface area (Å²) in [5, 5.41) is 9.59. The molecule has 26 heavy (non-hydrogen) atoms. The summed E-state index contributed by atoms with van der Waals surface area (Å²) in [6.45, 7) is 0. The Labute approximate surface area is 153 Å². The zero-order valence-corrected chi connectivity index (χ0v) is 15.8. The summed E-state index contributed by atoms with van der Waals surface area (Å²) < 4.78 is 27.8. The van der Waals surface area contributed by atoms with Crippen LogP contribution in [-0.4, -0.2) is 60.8 Å². The summed E-state index contributed by atoms with van der Waals surface area (Å²) in [5.41, 5.74) is 0.266. The van der Waals surface area contributed by atoms with Gasteiger partial charge in [0.25, 0.3) is 5.91 Å². The summed E-state index contributed by atoms with van der Waals surface area (Å²) in [6.07, 6.45) is 3.81. The van der Waals surface area contributed by atoms with E-state index in [2.05, 4.69) is 0 Å². The van der Waals surface area contributed by atoms with Crippen LogP contribution in [0.15, 0.2) is 29.2 Å². The standard InChI is InChI=1S/C18H24N2O5S/c1-19(2)17(21)13-7-5-8-14(10-13)26(24,25)20-15-9-4-3-6-12(15)11-16(20)18(22)23/h5,7-8,10,12,15-16H,3-4,6,9,11H2,1-2H3,(H,22,23). The number of carboxylic acids is 1. The zero-order chi connectivity index (χ0) is 19.1. The van der Waals surface area contributed by atoms with Crippen LogP contribution in [-0.2, 0) is 14.8 Å². The molecule has 1 aromatic rings. The molecular formula is C18H24N2O5S. The van der Waals surface area contributed by atoms with Crippen molar-refractivity contribution in [1.82, 2.24) is 9.21 Å². The van der Waals surface area contributed by atoms with Crippen molar-refractivity contribution in [3.05, 3.63) is 29.8 Å². The number of hydrogen-bond acceptors (Lipinski definition) is 4. The average Bonchev–Trinajstić information content (AvgIpc) is 3.01. The molecule has 3 rings (SSSR count). The Morgan fingerprint density at radius 3 is 2.54 bits per heavy atom. The lowest BCUT2D eigenvalue weighted by atomic mass is 9.85. The van der Waals surface area contributed by atoms with E-state index in [0.717, 1.165) is 19.3 Å². The first-order valence-electron chi connectivity index (χ1n) is 8.81. The molecule has 2 fully saturated rings. The first-order chi connectivity index (χ1) is 12.2. The predicted molar refractivity (Wildman–Crippen MR) is 95.3 cm³/mol. The third-order valence-electron chi connectivity index (χ3n) is 5.38. The van der Waals surface area contributed by atoms with Gasteiger partial charge < -0.3 is 10.0 Å². The highest BCUT2D eigenvalue weighted by Gasteiger charge is 2.51. The number of carboxylic acid groups (broad SMARTS) is 1. The molecule has 142 valence electrons. The maximum Gasteiger partial charge on any atom is 0.322 e. The number of benzene rings is 1. The molecule has 3 unspecified atom stereocenters. The molecule has 1 N–H and O–H groups in total. The van der Waals surface area contributed by atoms with Crippen molar-refractivity contribution in [2.24, 2.45) is 5.92 Å². The molecule has 8 heteroatoms. The van der Waals surface area contributed by atoms with E-state index in [1.807, 2.05) is 0 Å². The first kappa shape index (κ1) is 18.8. The molecule has 0 bridgehead atoms. The minimum Gasteiger partial charge on any atom is -0.480 e. The monoisotopic (exact) mass is 380 g/mol. The molecule has 1 saturated carbocycles. The number of hydrogen-bond donors (Lipinski definition) is 1. The highest BCUT2D eigenvalue weighted by molar-refractivity contribution is 7.89. The molecule has 1 heterocycles. The van der Waals surface area contributed by atoms with E-state index in [-0.39, 0.29) is 28.3 Å². The molecule has 0 radical (unpaired) electrons. The fraction of sp³-hybridized carbons (Fsp3) is 0.556. The van der Waals surface area contributed by atoms with Gasteiger partial charge in [0.1, 0.15) is 6.04 Å². The van der Waals surface area contributed by atoms with Gasteiger partial charge in [-0.1, -0.05) is 18.9 Å². The van der Waals surface area contributed by atoms with Crippen LogP contribution < -0.4 is 0 Å². The van der Waals surface area contributed by atoms with Crippen molar-refractivity contribution in [2.75, 3.05) is 14.1 Å². The van der Waals surface area contributed by atoms with E-state index in [1.165, 1.54) is 27.4 Å². The lowest BCUT2D eigenvalue weighted by Crippen LogP contribution is -2.46. The van der Waals surface area contributed by atoms with Crippen molar-refractivity contribution in [3.63, 3.8) is 0 Å². The minimum atomic E-state index is -4.00. The number of carbonyl (C=O) groups excluding carboxylic acids is 1. The van der Waals surface area contributed by atoms with Crippen LogP contribution in [0.5, 0.6) is 0 Å². The molecule has 0 aromatic heterocycles. The Morgan fingerprint density at radius 2 is 1.88 bits per heavy atom. The average molecular weight is 380 g/mol. The zero-order valence-electron chi connectivity index (χ0n) is 15.0. The van der Waals surface area contributed by atoms with Gasteiger partial charge in [0.15, 0.2) is 0 Å². The largest absolute Gasteiger partial charge is 0.480 e. The van der Waals surface area contributed by atoms with Gasteiger partial charge in [-0.25, -0.2) is 8.42 Å². The van der Waals surface area contributed by atoms with Crippen LogP contribution >= 0.6 is 0 Å². The second kappa shape index (κ2) is 7.00. The lowest BCUT2D eigenvalue weighted by Gasteiger charge is -2.32. The molecule has 1 aliphatic heterocycles. The van der Waals surface area contributed by atoms with Gasteiger partial charge in [-0.15, -0.1) is 0 Å². The number of rotatable bonds is 4. The number of fused-ring (bicyclic) bond motifs is 1. The molecule has 1 saturated heterocycles. The molecule has 1 amide bonds. The van der Waals surface area contributed by atoms with E-state index in [4.69, 9.17) is 0 Å². The molecular weight excluding hydrogens is 356 g/mol. The fourth-order valence-electron chi connectivity index (χ4n) is 4.14. The summed E-state index contributed by atoms with van der Waals surface area (Å²) in [6, 6.07) is 4.53. The van der Waals surface area contributed by atoms with E-state index < -0.39 is 22.0 Å². The number of nitrogens with zero attached hydrogens (tertiary/aromatic N) is 2.